The van der Waals surface area contributed by atoms with Crippen LogP contribution < -0.4 is 10.6 Å². The molecular formula is C51H58N8O8. The van der Waals surface area contributed by atoms with Gasteiger partial charge in [-0.3, -0.25) is 9.59 Å². The van der Waals surface area contributed by atoms with Crippen LogP contribution >= 0.6 is 0 Å². The van der Waals surface area contributed by atoms with Crippen LogP contribution in [-0.4, -0.2) is 117 Å². The molecule has 4 amide bonds. The minimum atomic E-state index is -1.19. The number of carbonyl (C=O) groups is 4. The number of hydrogen-bond acceptors (Lipinski definition) is 9. The van der Waals surface area contributed by atoms with E-state index in [0.29, 0.717) is 57.9 Å². The van der Waals surface area contributed by atoms with Crippen LogP contribution in [0.1, 0.15) is 88.9 Å². The fourth-order valence-corrected chi connectivity index (χ4v) is 11.9. The molecule has 5 aromatic rings. The third-order valence-corrected chi connectivity index (χ3v) is 16.0. The van der Waals surface area contributed by atoms with E-state index in [1.54, 1.807) is 0 Å². The summed E-state index contributed by atoms with van der Waals surface area (Å²) in [5, 5.41) is 17.3. The van der Waals surface area contributed by atoms with Gasteiger partial charge in [0.15, 0.2) is 0 Å². The van der Waals surface area contributed by atoms with Crippen LogP contribution in [0.4, 0.5) is 9.59 Å². The van der Waals surface area contributed by atoms with E-state index in [-0.39, 0.29) is 58.6 Å². The van der Waals surface area contributed by atoms with E-state index in [9.17, 15) is 24.3 Å². The van der Waals surface area contributed by atoms with E-state index in [1.165, 1.54) is 7.11 Å². The van der Waals surface area contributed by atoms with Gasteiger partial charge in [0.25, 0.3) is 0 Å². The number of alkyl carbamates (subject to hydrolysis) is 1. The molecule has 11 rings (SSSR count). The van der Waals surface area contributed by atoms with Crippen LogP contribution in [0.5, 0.6) is 0 Å². The number of carbonyl (C=O) groups excluding carboxylic acids is 3. The zero-order valence-electron chi connectivity index (χ0n) is 38.1. The smallest absolute Gasteiger partial charge is 0.407 e. The largest absolute Gasteiger partial charge is 0.465 e. The molecule has 3 aromatic carbocycles. The number of aromatic nitrogens is 4. The van der Waals surface area contributed by atoms with Gasteiger partial charge in [-0.25, -0.2) is 19.6 Å². The maximum Gasteiger partial charge on any atom is 0.407 e. The van der Waals surface area contributed by atoms with Crippen LogP contribution in [0, 0.1) is 22.7 Å². The molecule has 6 fully saturated rings. The average Bonchev–Trinajstić information content (AvgIpc) is 3.77. The number of benzene rings is 3. The standard InChI is InChI=1S/C51H58N8O8/c1-50-22-38(58(40(50)24-50)46(60)42(56-48(62)63)30-12-16-66-17-13-30)44-52-26-36(54-44)29-6-4-28(5-7-29)32-8-9-34-21-35(11-10-33(34)20-32)37-27-53-45(55-37)39-23-51(2)25-41(51)59(39)47(61)43(57-49(64)65-3)31-14-18-67-19-15-31/h4-11,20-21,26-27,30-31,38-43,56H,12-19,22-25H2,1-3H3,(H,52,54)(H,53,55)(H,57,64)(H,62,63)/t38-,39-,40-,41-,42?,43?,50+,51+/m0/s1. The summed E-state index contributed by atoms with van der Waals surface area (Å²) >= 11 is 0. The molecule has 2 aromatic heterocycles. The van der Waals surface area contributed by atoms with Gasteiger partial charge in [0.1, 0.15) is 23.7 Å². The molecule has 4 saturated heterocycles. The number of H-pyrrole nitrogens is 2. The van der Waals surface area contributed by atoms with Gasteiger partial charge in [0.05, 0.1) is 43.0 Å². The molecular weight excluding hydrogens is 853 g/mol. The highest BCUT2D eigenvalue weighted by Gasteiger charge is 2.65. The van der Waals surface area contributed by atoms with Gasteiger partial charge in [0, 0.05) is 44.1 Å². The lowest BCUT2D eigenvalue weighted by Gasteiger charge is -2.35. The van der Waals surface area contributed by atoms with Gasteiger partial charge in [-0.1, -0.05) is 62.4 Å². The lowest BCUT2D eigenvalue weighted by molar-refractivity contribution is -0.138. The van der Waals surface area contributed by atoms with E-state index < -0.39 is 24.3 Å². The number of ether oxygens (including phenoxy) is 3. The number of imidazole rings is 2. The summed E-state index contributed by atoms with van der Waals surface area (Å²) in [6.07, 6.45) is 7.94. The minimum absolute atomic E-state index is 0.00930. The Morgan fingerprint density at radius 1 is 0.657 bits per heavy atom. The number of amides is 4. The van der Waals surface area contributed by atoms with Crippen molar-refractivity contribution in [1.82, 2.24) is 40.4 Å². The fourth-order valence-electron chi connectivity index (χ4n) is 11.9. The van der Waals surface area contributed by atoms with Crippen molar-refractivity contribution in [1.29, 1.82) is 0 Å². The topological polar surface area (TPSA) is 204 Å². The number of fused-ring (bicyclic) bond motifs is 3. The molecule has 4 aliphatic heterocycles. The van der Waals surface area contributed by atoms with E-state index in [1.807, 2.05) is 22.2 Å². The Balaban J connectivity index is 0.780. The SMILES string of the molecule is COC(=O)NC(C(=O)N1[C@H]2C[C@@]2(C)C[C@H]1c1ncc(-c2ccc3cc(-c4ccc(-c5cnc([C@@H]6C[C@]7(C)C[C@@H]7N6C(=O)C(NC(=O)O)C6CCOCC6)[nH]5)cc4)ccc3c2)[nH]1)C1CCOCC1. The van der Waals surface area contributed by atoms with Gasteiger partial charge in [-0.15, -0.1) is 0 Å². The van der Waals surface area contributed by atoms with Crippen molar-refractivity contribution in [3.8, 4) is 33.6 Å². The lowest BCUT2D eigenvalue weighted by atomic mass is 9.90. The Morgan fingerprint density at radius 3 is 1.61 bits per heavy atom. The molecule has 2 saturated carbocycles. The van der Waals surface area contributed by atoms with Crippen LogP contribution in [0.15, 0.2) is 73.1 Å². The van der Waals surface area contributed by atoms with E-state index in [2.05, 4.69) is 95.1 Å². The van der Waals surface area contributed by atoms with Crippen LogP contribution in [0.2, 0.25) is 0 Å². The molecule has 2 aliphatic carbocycles. The molecule has 6 aliphatic rings. The zero-order chi connectivity index (χ0) is 46.2. The van der Waals surface area contributed by atoms with E-state index >= 15 is 0 Å². The second-order valence-electron chi connectivity index (χ2n) is 20.3. The maximum atomic E-state index is 14.4. The molecule has 0 spiro atoms. The Bertz CT molecular complexity index is 2730. The number of likely N-dealkylation sites (tertiary alicyclic amines) is 2. The maximum absolute atomic E-state index is 14.4. The average molecular weight is 911 g/mol. The quantitative estimate of drug-likeness (QED) is 0.0878. The molecule has 6 heterocycles. The minimum Gasteiger partial charge on any atom is -0.465 e. The first-order chi connectivity index (χ1) is 32.4. The Hall–Kier alpha value is -6.26. The summed E-state index contributed by atoms with van der Waals surface area (Å²) < 4.78 is 16.0. The third kappa shape index (κ3) is 8.00. The van der Waals surface area contributed by atoms with E-state index in [4.69, 9.17) is 24.2 Å². The zero-order valence-corrected chi connectivity index (χ0v) is 38.1. The monoisotopic (exact) mass is 910 g/mol. The first kappa shape index (κ1) is 43.3. The number of hydrogen-bond donors (Lipinski definition) is 5. The van der Waals surface area contributed by atoms with Gasteiger partial charge in [-0.2, -0.15) is 0 Å². The second kappa shape index (κ2) is 16.8. The van der Waals surface area contributed by atoms with Crippen molar-refractivity contribution in [2.45, 2.75) is 101 Å². The van der Waals surface area contributed by atoms with Crippen molar-refractivity contribution in [3.63, 3.8) is 0 Å². The number of rotatable bonds is 11. The molecule has 8 atom stereocenters. The number of methoxy groups -OCH3 is 1. The van der Waals surface area contributed by atoms with Crippen molar-refractivity contribution in [3.05, 3.63) is 84.7 Å². The second-order valence-corrected chi connectivity index (χ2v) is 20.3. The molecule has 2 unspecified atom stereocenters. The number of aromatic amines is 2. The van der Waals surface area contributed by atoms with Crippen LogP contribution in [-0.2, 0) is 23.8 Å². The van der Waals surface area contributed by atoms with Gasteiger partial charge in [-0.05, 0) is 114 Å². The Morgan fingerprint density at radius 2 is 1.10 bits per heavy atom. The summed E-state index contributed by atoms with van der Waals surface area (Å²) in [5.41, 5.74) is 5.85. The van der Waals surface area contributed by atoms with Crippen molar-refractivity contribution in [2.24, 2.45) is 22.7 Å². The first-order valence-corrected chi connectivity index (χ1v) is 23.8. The summed E-state index contributed by atoms with van der Waals surface area (Å²) in [6.45, 7) is 6.58. The summed E-state index contributed by atoms with van der Waals surface area (Å²) in [5.74, 6) is 1.05. The molecule has 350 valence electrons. The van der Waals surface area contributed by atoms with Gasteiger partial charge < -0.3 is 49.7 Å². The first-order valence-electron chi connectivity index (χ1n) is 23.8. The normalized spacial score (nSPS) is 27.8. The van der Waals surface area contributed by atoms with Gasteiger partial charge >= 0.3 is 12.2 Å². The van der Waals surface area contributed by atoms with E-state index in [0.717, 1.165) is 75.9 Å². The fraction of sp³-hybridized carbons (Fsp3) is 0.490. The van der Waals surface area contributed by atoms with Crippen LogP contribution in [0.25, 0.3) is 44.4 Å². The number of nitrogens with one attached hydrogen (secondary N) is 4. The molecule has 0 radical (unpaired) electrons. The third-order valence-electron chi connectivity index (χ3n) is 16.0. The molecule has 16 nitrogen and oxygen atoms in total. The predicted molar refractivity (Wildman–Crippen MR) is 247 cm³/mol. The Kier molecular flexibility index (Phi) is 10.9. The summed E-state index contributed by atoms with van der Waals surface area (Å²) in [7, 11) is 1.32. The molecule has 16 heteroatoms. The molecule has 5 N–H and O–H groups in total. The lowest BCUT2D eigenvalue weighted by Crippen LogP contribution is -2.54. The molecule has 67 heavy (non-hydrogen) atoms. The molecule has 0 bridgehead atoms. The Labute approximate surface area is 388 Å². The van der Waals surface area contributed by atoms with Crippen molar-refractivity contribution >= 4 is 34.8 Å². The summed E-state index contributed by atoms with van der Waals surface area (Å²) in [6, 6.07) is 19.3. The summed E-state index contributed by atoms with van der Waals surface area (Å²) in [4.78, 5) is 73.6. The number of nitrogens with zero attached hydrogens (tertiary/aromatic N) is 4. The number of piperidine rings is 2. The highest BCUT2D eigenvalue weighted by Crippen LogP contribution is 2.64. The van der Waals surface area contributed by atoms with Crippen molar-refractivity contribution in [2.75, 3.05) is 33.5 Å². The van der Waals surface area contributed by atoms with Crippen LogP contribution in [0.3, 0.4) is 0 Å². The highest BCUT2D eigenvalue weighted by atomic mass is 16.5. The highest BCUT2D eigenvalue weighted by molar-refractivity contribution is 5.91. The van der Waals surface area contributed by atoms with Crippen molar-refractivity contribution < 1.29 is 38.5 Å². The van der Waals surface area contributed by atoms with Gasteiger partial charge in [0.2, 0.25) is 11.8 Å². The number of carboxylic acid groups (broad SMARTS) is 1. The predicted octanol–water partition coefficient (Wildman–Crippen LogP) is 7.61.